The number of thiazole rings is 1. The van der Waals surface area contributed by atoms with Crippen molar-refractivity contribution < 1.29 is 9.53 Å². The third kappa shape index (κ3) is 5.12. The Labute approximate surface area is 150 Å². The Morgan fingerprint density at radius 2 is 2.00 bits per heavy atom. The van der Waals surface area contributed by atoms with Crippen molar-refractivity contribution in [3.63, 3.8) is 0 Å². The fourth-order valence-electron chi connectivity index (χ4n) is 2.38. The molecule has 0 aliphatic carbocycles. The number of carbonyl (C=O) groups excluding carboxylic acids is 1. The monoisotopic (exact) mass is 353 g/mol. The Kier molecular flexibility index (Phi) is 5.74. The first-order chi connectivity index (χ1) is 12.2. The largest absolute Gasteiger partial charge is 0.497 e. The summed E-state index contributed by atoms with van der Waals surface area (Å²) in [6, 6.07) is 11.8. The summed E-state index contributed by atoms with van der Waals surface area (Å²) in [5.74, 6) is 0.809. The number of carbonyl (C=O) groups is 1. The molecule has 1 amide bonds. The van der Waals surface area contributed by atoms with Crippen molar-refractivity contribution in [2.75, 3.05) is 12.4 Å². The molecule has 0 fully saturated rings. The average molecular weight is 353 g/mol. The second kappa shape index (κ2) is 8.39. The molecule has 2 aromatic heterocycles. The summed E-state index contributed by atoms with van der Waals surface area (Å²) in [6.07, 6.45) is 7.19. The van der Waals surface area contributed by atoms with Crippen LogP contribution in [0.5, 0.6) is 5.75 Å². The highest BCUT2D eigenvalue weighted by molar-refractivity contribution is 7.15. The minimum absolute atomic E-state index is 0.0331. The van der Waals surface area contributed by atoms with E-state index < -0.39 is 0 Å². The zero-order valence-corrected chi connectivity index (χ0v) is 14.8. The maximum Gasteiger partial charge on any atom is 0.226 e. The van der Waals surface area contributed by atoms with Crippen molar-refractivity contribution in [3.05, 3.63) is 71.0 Å². The van der Waals surface area contributed by atoms with E-state index in [0.717, 1.165) is 22.6 Å². The van der Waals surface area contributed by atoms with Crippen molar-refractivity contribution in [2.24, 2.45) is 0 Å². The van der Waals surface area contributed by atoms with Crippen molar-refractivity contribution in [2.45, 2.75) is 19.3 Å². The lowest BCUT2D eigenvalue weighted by molar-refractivity contribution is -0.116. The second-order valence-electron chi connectivity index (χ2n) is 5.57. The summed E-state index contributed by atoms with van der Waals surface area (Å²) in [7, 11) is 1.65. The van der Waals surface area contributed by atoms with Crippen LogP contribution in [0.15, 0.2) is 55.0 Å². The van der Waals surface area contributed by atoms with Crippen LogP contribution in [0.3, 0.4) is 0 Å². The first-order valence-corrected chi connectivity index (χ1v) is 8.81. The predicted molar refractivity (Wildman–Crippen MR) is 99.1 cm³/mol. The van der Waals surface area contributed by atoms with Gasteiger partial charge in [-0.2, -0.15) is 0 Å². The molecule has 0 bridgehead atoms. The number of anilines is 1. The topological polar surface area (TPSA) is 64.1 Å². The number of hydrogen-bond acceptors (Lipinski definition) is 5. The number of methoxy groups -OCH3 is 1. The quantitative estimate of drug-likeness (QED) is 0.703. The van der Waals surface area contributed by atoms with Crippen LogP contribution in [0, 0.1) is 0 Å². The molecule has 5 nitrogen and oxygen atoms in total. The molecular formula is C19H19N3O2S. The number of aryl methyl sites for hydroxylation is 1. The van der Waals surface area contributed by atoms with Crippen LogP contribution in [0.25, 0.3) is 0 Å². The van der Waals surface area contributed by atoms with Crippen LogP contribution in [-0.4, -0.2) is 23.0 Å². The fraction of sp³-hybridized carbons (Fsp3) is 0.211. The zero-order chi connectivity index (χ0) is 17.5. The molecule has 0 unspecified atom stereocenters. The molecule has 3 rings (SSSR count). The molecular weight excluding hydrogens is 334 g/mol. The number of rotatable bonds is 7. The molecule has 1 aromatic carbocycles. The van der Waals surface area contributed by atoms with Gasteiger partial charge in [0.25, 0.3) is 0 Å². The van der Waals surface area contributed by atoms with E-state index in [9.17, 15) is 4.79 Å². The number of nitrogens with one attached hydrogen (secondary N) is 1. The number of benzene rings is 1. The van der Waals surface area contributed by atoms with Gasteiger partial charge in [0.05, 0.1) is 7.11 Å². The van der Waals surface area contributed by atoms with Crippen molar-refractivity contribution >= 4 is 22.4 Å². The SMILES string of the molecule is COc1ccc(Cc2cnc(NC(=O)CCc3cccnc3)s2)cc1. The van der Waals surface area contributed by atoms with Gasteiger partial charge in [0.2, 0.25) is 5.91 Å². The van der Waals surface area contributed by atoms with Gasteiger partial charge in [-0.1, -0.05) is 18.2 Å². The van der Waals surface area contributed by atoms with Crippen LogP contribution in [0.1, 0.15) is 22.4 Å². The molecule has 128 valence electrons. The lowest BCUT2D eigenvalue weighted by Gasteiger charge is -2.02. The summed E-state index contributed by atoms with van der Waals surface area (Å²) >= 11 is 1.50. The van der Waals surface area contributed by atoms with E-state index in [4.69, 9.17) is 4.74 Å². The minimum Gasteiger partial charge on any atom is -0.497 e. The van der Waals surface area contributed by atoms with Gasteiger partial charge in [0.1, 0.15) is 5.75 Å². The van der Waals surface area contributed by atoms with Gasteiger partial charge in [0.15, 0.2) is 5.13 Å². The highest BCUT2D eigenvalue weighted by Gasteiger charge is 2.08. The molecule has 6 heteroatoms. The van der Waals surface area contributed by atoms with Crippen molar-refractivity contribution in [1.29, 1.82) is 0 Å². The lowest BCUT2D eigenvalue weighted by atomic mass is 10.1. The van der Waals surface area contributed by atoms with E-state index >= 15 is 0 Å². The molecule has 2 heterocycles. The van der Waals surface area contributed by atoms with E-state index in [-0.39, 0.29) is 5.91 Å². The Balaban J connectivity index is 1.51. The molecule has 0 saturated carbocycles. The summed E-state index contributed by atoms with van der Waals surface area (Å²) < 4.78 is 5.16. The van der Waals surface area contributed by atoms with Gasteiger partial charge in [-0.3, -0.25) is 9.78 Å². The van der Waals surface area contributed by atoms with Crippen LogP contribution in [0.4, 0.5) is 5.13 Å². The first-order valence-electron chi connectivity index (χ1n) is 7.99. The van der Waals surface area contributed by atoms with Crippen molar-refractivity contribution in [1.82, 2.24) is 9.97 Å². The molecule has 25 heavy (non-hydrogen) atoms. The normalized spacial score (nSPS) is 10.4. The zero-order valence-electron chi connectivity index (χ0n) is 13.9. The smallest absolute Gasteiger partial charge is 0.226 e. The van der Waals surface area contributed by atoms with Gasteiger partial charge in [-0.15, -0.1) is 11.3 Å². The second-order valence-corrected chi connectivity index (χ2v) is 6.68. The third-order valence-corrected chi connectivity index (χ3v) is 4.61. The summed E-state index contributed by atoms with van der Waals surface area (Å²) in [5.41, 5.74) is 2.23. The van der Waals surface area contributed by atoms with Gasteiger partial charge >= 0.3 is 0 Å². The fourth-order valence-corrected chi connectivity index (χ4v) is 3.24. The third-order valence-electron chi connectivity index (χ3n) is 3.70. The number of nitrogens with zero attached hydrogens (tertiary/aromatic N) is 2. The highest BCUT2D eigenvalue weighted by Crippen LogP contribution is 2.22. The van der Waals surface area contributed by atoms with Gasteiger partial charge in [0, 0.05) is 36.3 Å². The Morgan fingerprint density at radius 1 is 1.16 bits per heavy atom. The molecule has 0 spiro atoms. The van der Waals surface area contributed by atoms with Gasteiger partial charge in [-0.25, -0.2) is 4.98 Å². The van der Waals surface area contributed by atoms with Crippen LogP contribution in [-0.2, 0) is 17.6 Å². The summed E-state index contributed by atoms with van der Waals surface area (Å²) in [5, 5.41) is 3.50. The average Bonchev–Trinajstić information content (AvgIpc) is 3.08. The number of amides is 1. The Bertz CT molecular complexity index is 816. The standard InChI is InChI=1S/C19H19N3O2S/c1-24-16-7-4-14(5-8-16)11-17-13-21-19(25-17)22-18(23)9-6-15-3-2-10-20-12-15/h2-5,7-8,10,12-13H,6,9,11H2,1H3,(H,21,22,23). The Morgan fingerprint density at radius 3 is 2.72 bits per heavy atom. The molecule has 0 aliphatic heterocycles. The van der Waals surface area contributed by atoms with Crippen LogP contribution >= 0.6 is 11.3 Å². The number of ether oxygens (including phenoxy) is 1. The first kappa shape index (κ1) is 17.1. The molecule has 0 saturated heterocycles. The van der Waals surface area contributed by atoms with Crippen molar-refractivity contribution in [3.8, 4) is 5.75 Å². The van der Waals surface area contributed by atoms with Gasteiger partial charge < -0.3 is 10.1 Å². The minimum atomic E-state index is -0.0331. The van der Waals surface area contributed by atoms with E-state index in [0.29, 0.717) is 18.0 Å². The lowest BCUT2D eigenvalue weighted by Crippen LogP contribution is -2.12. The molecule has 0 aliphatic rings. The molecule has 0 atom stereocenters. The van der Waals surface area contributed by atoms with E-state index in [2.05, 4.69) is 15.3 Å². The molecule has 3 aromatic rings. The maximum atomic E-state index is 12.0. The predicted octanol–water partition coefficient (Wildman–Crippen LogP) is 3.71. The maximum absolute atomic E-state index is 12.0. The summed E-state index contributed by atoms with van der Waals surface area (Å²) in [4.78, 5) is 21.5. The summed E-state index contributed by atoms with van der Waals surface area (Å²) in [6.45, 7) is 0. The number of pyridine rings is 1. The highest BCUT2D eigenvalue weighted by atomic mass is 32.1. The van der Waals surface area contributed by atoms with E-state index in [1.807, 2.05) is 42.6 Å². The molecule has 0 radical (unpaired) electrons. The van der Waals surface area contributed by atoms with E-state index in [1.165, 1.54) is 16.9 Å². The Hall–Kier alpha value is -2.73. The number of hydrogen-bond donors (Lipinski definition) is 1. The van der Waals surface area contributed by atoms with Crippen LogP contribution < -0.4 is 10.1 Å². The molecule has 1 N–H and O–H groups in total. The van der Waals surface area contributed by atoms with Gasteiger partial charge in [-0.05, 0) is 35.7 Å². The van der Waals surface area contributed by atoms with E-state index in [1.54, 1.807) is 19.5 Å². The van der Waals surface area contributed by atoms with Crippen LogP contribution in [0.2, 0.25) is 0 Å². The number of aromatic nitrogens is 2.